The highest BCUT2D eigenvalue weighted by Gasteiger charge is 2.30. The van der Waals surface area contributed by atoms with Crippen molar-refractivity contribution in [3.63, 3.8) is 0 Å². The Morgan fingerprint density at radius 3 is 2.30 bits per heavy atom. The van der Waals surface area contributed by atoms with Crippen molar-refractivity contribution < 1.29 is 18.0 Å². The zero-order chi connectivity index (χ0) is 27.8. The SMILES string of the molecule is CCC(C)NC(=O)C(CC)N(Cc1ccc(Cl)cc1Cl)C(=O)CCCN(c1ccccc1C)S(C)(=O)=O. The number of nitrogens with zero attached hydrogens (tertiary/aromatic N) is 2. The molecule has 1 N–H and O–H groups in total. The van der Waals surface area contributed by atoms with Gasteiger partial charge in [0.05, 0.1) is 11.9 Å². The Labute approximate surface area is 231 Å². The van der Waals surface area contributed by atoms with Crippen LogP contribution in [0.2, 0.25) is 10.0 Å². The third kappa shape index (κ3) is 8.90. The number of halogens is 2. The zero-order valence-corrected chi connectivity index (χ0v) is 24.5. The van der Waals surface area contributed by atoms with Gasteiger partial charge in [-0.2, -0.15) is 0 Å². The molecule has 0 radical (unpaired) electrons. The number of aryl methyl sites for hydroxylation is 1. The van der Waals surface area contributed by atoms with Crippen LogP contribution in [-0.4, -0.2) is 50.0 Å². The van der Waals surface area contributed by atoms with Crippen LogP contribution >= 0.6 is 23.2 Å². The molecule has 0 bridgehead atoms. The van der Waals surface area contributed by atoms with Crippen LogP contribution in [0.15, 0.2) is 42.5 Å². The minimum absolute atomic E-state index is 0.0324. The molecular formula is C27H37Cl2N3O4S. The first kappa shape index (κ1) is 30.9. The molecule has 2 aromatic carbocycles. The molecule has 0 saturated heterocycles. The maximum absolute atomic E-state index is 13.5. The highest BCUT2D eigenvalue weighted by molar-refractivity contribution is 7.92. The van der Waals surface area contributed by atoms with Gasteiger partial charge in [-0.3, -0.25) is 13.9 Å². The average Bonchev–Trinajstić information content (AvgIpc) is 2.82. The molecule has 0 saturated carbocycles. The fraction of sp³-hybridized carbons (Fsp3) is 0.481. The van der Waals surface area contributed by atoms with Gasteiger partial charge in [-0.1, -0.05) is 61.3 Å². The Balaban J connectivity index is 2.27. The summed E-state index contributed by atoms with van der Waals surface area (Å²) in [5.41, 5.74) is 2.08. The minimum atomic E-state index is -3.55. The van der Waals surface area contributed by atoms with Crippen LogP contribution in [0.5, 0.6) is 0 Å². The summed E-state index contributed by atoms with van der Waals surface area (Å²) < 4.78 is 26.4. The second-order valence-electron chi connectivity index (χ2n) is 9.22. The van der Waals surface area contributed by atoms with E-state index in [0.717, 1.165) is 18.2 Å². The van der Waals surface area contributed by atoms with Crippen LogP contribution in [0, 0.1) is 6.92 Å². The van der Waals surface area contributed by atoms with Crippen LogP contribution in [0.1, 0.15) is 57.6 Å². The van der Waals surface area contributed by atoms with Crippen molar-refractivity contribution in [1.29, 1.82) is 0 Å². The van der Waals surface area contributed by atoms with Gasteiger partial charge in [0, 0.05) is 35.6 Å². The predicted octanol–water partition coefficient (Wildman–Crippen LogP) is 5.57. The lowest BCUT2D eigenvalue weighted by Gasteiger charge is -2.32. The molecule has 2 unspecified atom stereocenters. The van der Waals surface area contributed by atoms with Crippen LogP contribution in [0.25, 0.3) is 0 Å². The first-order valence-corrected chi connectivity index (χ1v) is 15.1. The lowest BCUT2D eigenvalue weighted by atomic mass is 10.1. The second-order valence-corrected chi connectivity index (χ2v) is 12.0. The van der Waals surface area contributed by atoms with Crippen molar-refractivity contribution in [1.82, 2.24) is 10.2 Å². The number of carbonyl (C=O) groups is 2. The molecule has 0 aromatic heterocycles. The van der Waals surface area contributed by atoms with E-state index in [9.17, 15) is 18.0 Å². The predicted molar refractivity (Wildman–Crippen MR) is 152 cm³/mol. The van der Waals surface area contributed by atoms with E-state index in [4.69, 9.17) is 23.2 Å². The van der Waals surface area contributed by atoms with Crippen LogP contribution in [-0.2, 0) is 26.2 Å². The summed E-state index contributed by atoms with van der Waals surface area (Å²) in [6.07, 6.45) is 2.68. The maximum atomic E-state index is 13.5. The van der Waals surface area contributed by atoms with Crippen molar-refractivity contribution in [3.05, 3.63) is 63.6 Å². The number of nitrogens with one attached hydrogen (secondary N) is 1. The van der Waals surface area contributed by atoms with Gasteiger partial charge in [0.1, 0.15) is 6.04 Å². The number of anilines is 1. The molecule has 2 rings (SSSR count). The van der Waals surface area contributed by atoms with E-state index in [1.165, 1.54) is 9.21 Å². The summed E-state index contributed by atoms with van der Waals surface area (Å²) >= 11 is 12.4. The van der Waals surface area contributed by atoms with Crippen LogP contribution < -0.4 is 9.62 Å². The summed E-state index contributed by atoms with van der Waals surface area (Å²) in [5, 5.41) is 3.86. The Morgan fingerprint density at radius 2 is 1.73 bits per heavy atom. The number of amides is 2. The topological polar surface area (TPSA) is 86.8 Å². The Kier molecular flexibility index (Phi) is 11.7. The number of hydrogen-bond acceptors (Lipinski definition) is 4. The van der Waals surface area contributed by atoms with Gasteiger partial charge in [0.15, 0.2) is 0 Å². The molecule has 37 heavy (non-hydrogen) atoms. The number of para-hydroxylation sites is 1. The average molecular weight is 571 g/mol. The number of rotatable bonds is 13. The Bertz CT molecular complexity index is 1190. The molecule has 0 heterocycles. The van der Waals surface area contributed by atoms with E-state index in [-0.39, 0.29) is 43.8 Å². The molecule has 0 aliphatic rings. The summed E-state index contributed by atoms with van der Waals surface area (Å²) in [7, 11) is -3.55. The van der Waals surface area contributed by atoms with Crippen LogP contribution in [0.3, 0.4) is 0 Å². The summed E-state index contributed by atoms with van der Waals surface area (Å²) in [5.74, 6) is -0.483. The monoisotopic (exact) mass is 569 g/mol. The molecule has 2 amide bonds. The third-order valence-electron chi connectivity index (χ3n) is 6.28. The van der Waals surface area contributed by atoms with Crippen molar-refractivity contribution in [3.8, 4) is 0 Å². The second kappa shape index (κ2) is 14.0. The number of carbonyl (C=O) groups excluding carboxylic acids is 2. The smallest absolute Gasteiger partial charge is 0.243 e. The zero-order valence-electron chi connectivity index (χ0n) is 22.1. The Hall–Kier alpha value is -2.29. The van der Waals surface area contributed by atoms with E-state index in [1.807, 2.05) is 39.8 Å². The van der Waals surface area contributed by atoms with E-state index in [2.05, 4.69) is 5.32 Å². The molecule has 10 heteroatoms. The fourth-order valence-corrected chi connectivity index (χ4v) is 5.51. The molecule has 0 aliphatic heterocycles. The molecule has 0 spiro atoms. The molecule has 2 atom stereocenters. The number of sulfonamides is 1. The van der Waals surface area contributed by atoms with Crippen molar-refractivity contribution in [2.75, 3.05) is 17.1 Å². The van der Waals surface area contributed by atoms with E-state index >= 15 is 0 Å². The molecule has 204 valence electrons. The largest absolute Gasteiger partial charge is 0.352 e. The van der Waals surface area contributed by atoms with E-state index in [1.54, 1.807) is 30.3 Å². The van der Waals surface area contributed by atoms with Crippen molar-refractivity contribution in [2.24, 2.45) is 0 Å². The van der Waals surface area contributed by atoms with Crippen molar-refractivity contribution in [2.45, 2.75) is 72.0 Å². The van der Waals surface area contributed by atoms with Gasteiger partial charge >= 0.3 is 0 Å². The summed E-state index contributed by atoms with van der Waals surface area (Å²) in [6, 6.07) is 11.5. The number of benzene rings is 2. The summed E-state index contributed by atoms with van der Waals surface area (Å²) in [6.45, 7) is 7.87. The van der Waals surface area contributed by atoms with Gasteiger partial charge < -0.3 is 10.2 Å². The lowest BCUT2D eigenvalue weighted by Crippen LogP contribution is -2.50. The first-order valence-electron chi connectivity index (χ1n) is 12.5. The lowest BCUT2D eigenvalue weighted by molar-refractivity contribution is -0.141. The first-order chi connectivity index (χ1) is 17.4. The van der Waals surface area contributed by atoms with Gasteiger partial charge in [-0.05, 0) is 62.4 Å². The van der Waals surface area contributed by atoms with Crippen molar-refractivity contribution >= 4 is 50.7 Å². The quantitative estimate of drug-likeness (QED) is 0.341. The summed E-state index contributed by atoms with van der Waals surface area (Å²) in [4.78, 5) is 28.2. The normalized spacial score (nSPS) is 13.1. The standard InChI is InChI=1S/C27H37Cl2N3O4S/c1-6-20(4)30-27(34)24(7-2)31(18-21-14-15-22(28)17-23(21)29)26(33)13-10-16-32(37(5,35)36)25-12-9-8-11-19(25)3/h8-9,11-12,14-15,17,20,24H,6-7,10,13,16,18H2,1-5H3,(H,30,34). The molecule has 7 nitrogen and oxygen atoms in total. The van der Waals surface area contributed by atoms with Gasteiger partial charge in [-0.25, -0.2) is 8.42 Å². The Morgan fingerprint density at radius 1 is 1.05 bits per heavy atom. The number of hydrogen-bond donors (Lipinski definition) is 1. The van der Waals surface area contributed by atoms with Gasteiger partial charge in [0.2, 0.25) is 21.8 Å². The van der Waals surface area contributed by atoms with Gasteiger partial charge in [-0.15, -0.1) is 0 Å². The minimum Gasteiger partial charge on any atom is -0.352 e. The molecule has 0 aliphatic carbocycles. The third-order valence-corrected chi connectivity index (χ3v) is 8.05. The van der Waals surface area contributed by atoms with Crippen LogP contribution in [0.4, 0.5) is 5.69 Å². The molecule has 0 fully saturated rings. The highest BCUT2D eigenvalue weighted by Crippen LogP contribution is 2.25. The molecular weight excluding hydrogens is 533 g/mol. The van der Waals surface area contributed by atoms with E-state index < -0.39 is 16.1 Å². The molecule has 2 aromatic rings. The fourth-order valence-electron chi connectivity index (χ4n) is 4.02. The van der Waals surface area contributed by atoms with E-state index in [0.29, 0.717) is 27.7 Å². The maximum Gasteiger partial charge on any atom is 0.243 e. The highest BCUT2D eigenvalue weighted by atomic mass is 35.5. The van der Waals surface area contributed by atoms with Gasteiger partial charge in [0.25, 0.3) is 0 Å².